The van der Waals surface area contributed by atoms with Gasteiger partial charge in [-0.15, -0.1) is 0 Å². The van der Waals surface area contributed by atoms with Crippen molar-refractivity contribution in [2.75, 3.05) is 7.11 Å². The molecule has 16 heavy (non-hydrogen) atoms. The summed E-state index contributed by atoms with van der Waals surface area (Å²) in [5.74, 6) is -1.51. The first-order chi connectivity index (χ1) is 7.49. The van der Waals surface area contributed by atoms with Gasteiger partial charge in [-0.1, -0.05) is 15.9 Å². The highest BCUT2D eigenvalue weighted by molar-refractivity contribution is 9.10. The Bertz CT molecular complexity index is 483. The molecule has 0 amide bonds. The van der Waals surface area contributed by atoms with Crippen LogP contribution in [-0.4, -0.2) is 29.6 Å². The lowest BCUT2D eigenvalue weighted by atomic mass is 10.00. The number of carbonyl (C=O) groups excluding carboxylic acids is 2. The molecule has 1 N–H and O–H groups in total. The highest BCUT2D eigenvalue weighted by Crippen LogP contribution is 2.32. The number of ketones is 1. The molecule has 1 atom stereocenters. The molecule has 0 fully saturated rings. The van der Waals surface area contributed by atoms with Crippen LogP contribution in [0.5, 0.6) is 0 Å². The number of hydrogen-bond acceptors (Lipinski definition) is 4. The maximum atomic E-state index is 11.9. The quantitative estimate of drug-likeness (QED) is 0.619. The molecule has 1 aliphatic carbocycles. The van der Waals surface area contributed by atoms with Gasteiger partial charge in [0.25, 0.3) is 0 Å². The SMILES string of the molecule is COC(=O)[C@@]1(O)Cc2cc(Br)ccc2C1=O. The first-order valence-electron chi connectivity index (χ1n) is 4.63. The van der Waals surface area contributed by atoms with E-state index in [4.69, 9.17) is 0 Å². The van der Waals surface area contributed by atoms with E-state index in [0.717, 1.165) is 11.6 Å². The third kappa shape index (κ3) is 1.47. The Morgan fingerprint density at radius 3 is 2.88 bits per heavy atom. The van der Waals surface area contributed by atoms with E-state index in [1.165, 1.54) is 0 Å². The molecule has 0 saturated heterocycles. The van der Waals surface area contributed by atoms with E-state index in [1.54, 1.807) is 18.2 Å². The molecule has 84 valence electrons. The molecular formula is C11H9BrO4. The van der Waals surface area contributed by atoms with E-state index in [2.05, 4.69) is 20.7 Å². The van der Waals surface area contributed by atoms with E-state index in [9.17, 15) is 14.7 Å². The van der Waals surface area contributed by atoms with Crippen LogP contribution < -0.4 is 0 Å². The molecule has 1 aromatic rings. The van der Waals surface area contributed by atoms with Crippen LogP contribution in [0.3, 0.4) is 0 Å². The van der Waals surface area contributed by atoms with Gasteiger partial charge in [0.15, 0.2) is 0 Å². The summed E-state index contributed by atoms with van der Waals surface area (Å²) in [5, 5.41) is 10.0. The Kier molecular flexibility index (Phi) is 2.59. The van der Waals surface area contributed by atoms with Crippen molar-refractivity contribution in [1.29, 1.82) is 0 Å². The monoisotopic (exact) mass is 284 g/mol. The molecule has 0 bridgehead atoms. The van der Waals surface area contributed by atoms with Crippen molar-refractivity contribution in [1.82, 2.24) is 0 Å². The highest BCUT2D eigenvalue weighted by Gasteiger charge is 2.51. The van der Waals surface area contributed by atoms with Gasteiger partial charge in [-0.25, -0.2) is 4.79 Å². The Balaban J connectivity index is 2.48. The summed E-state index contributed by atoms with van der Waals surface area (Å²) >= 11 is 3.27. The number of hydrogen-bond donors (Lipinski definition) is 1. The number of benzene rings is 1. The number of Topliss-reactive ketones (excluding diaryl/α,β-unsaturated/α-hetero) is 1. The van der Waals surface area contributed by atoms with Crippen molar-refractivity contribution in [2.24, 2.45) is 0 Å². The zero-order valence-corrected chi connectivity index (χ0v) is 10.1. The number of esters is 1. The van der Waals surface area contributed by atoms with E-state index in [-0.39, 0.29) is 6.42 Å². The van der Waals surface area contributed by atoms with Gasteiger partial charge < -0.3 is 9.84 Å². The fourth-order valence-electron chi connectivity index (χ4n) is 1.84. The zero-order valence-electron chi connectivity index (χ0n) is 8.49. The van der Waals surface area contributed by atoms with Crippen LogP contribution in [0.2, 0.25) is 0 Å². The molecule has 1 aliphatic rings. The van der Waals surface area contributed by atoms with Crippen molar-refractivity contribution in [2.45, 2.75) is 12.0 Å². The summed E-state index contributed by atoms with van der Waals surface area (Å²) in [6.45, 7) is 0. The Morgan fingerprint density at radius 2 is 2.25 bits per heavy atom. The minimum absolute atomic E-state index is 0.0344. The zero-order chi connectivity index (χ0) is 11.9. The fourth-order valence-corrected chi connectivity index (χ4v) is 2.25. The van der Waals surface area contributed by atoms with Gasteiger partial charge in [-0.2, -0.15) is 0 Å². The van der Waals surface area contributed by atoms with E-state index >= 15 is 0 Å². The summed E-state index contributed by atoms with van der Waals surface area (Å²) < 4.78 is 5.25. The number of rotatable bonds is 1. The van der Waals surface area contributed by atoms with Crippen LogP contribution in [0.25, 0.3) is 0 Å². The number of aliphatic hydroxyl groups is 1. The van der Waals surface area contributed by atoms with Crippen LogP contribution in [0.4, 0.5) is 0 Å². The summed E-state index contributed by atoms with van der Waals surface area (Å²) in [5.41, 5.74) is -1.04. The van der Waals surface area contributed by atoms with Crippen molar-refractivity contribution in [3.8, 4) is 0 Å². The fraction of sp³-hybridized carbons (Fsp3) is 0.273. The van der Waals surface area contributed by atoms with Crippen LogP contribution in [-0.2, 0) is 16.0 Å². The molecule has 0 unspecified atom stereocenters. The lowest BCUT2D eigenvalue weighted by molar-refractivity contribution is -0.156. The van der Waals surface area contributed by atoms with Crippen LogP contribution in [0.15, 0.2) is 22.7 Å². The number of fused-ring (bicyclic) bond motifs is 1. The number of methoxy groups -OCH3 is 1. The molecule has 0 aliphatic heterocycles. The molecule has 0 spiro atoms. The third-order valence-electron chi connectivity index (χ3n) is 2.66. The minimum Gasteiger partial charge on any atom is -0.467 e. The van der Waals surface area contributed by atoms with Crippen molar-refractivity contribution < 1.29 is 19.4 Å². The topological polar surface area (TPSA) is 63.6 Å². The summed E-state index contributed by atoms with van der Waals surface area (Å²) in [6.07, 6.45) is -0.0344. The third-order valence-corrected chi connectivity index (χ3v) is 3.15. The molecule has 1 aromatic carbocycles. The van der Waals surface area contributed by atoms with Gasteiger partial charge >= 0.3 is 5.97 Å². The smallest absolute Gasteiger partial charge is 0.346 e. The molecule has 0 radical (unpaired) electrons. The number of ether oxygens (including phenoxy) is 1. The van der Waals surface area contributed by atoms with Crippen LogP contribution in [0.1, 0.15) is 15.9 Å². The van der Waals surface area contributed by atoms with Crippen molar-refractivity contribution in [3.63, 3.8) is 0 Å². The maximum absolute atomic E-state index is 11.9. The average molecular weight is 285 g/mol. The van der Waals surface area contributed by atoms with Gasteiger partial charge in [0.05, 0.1) is 7.11 Å². The Labute approximate surface area is 100 Å². The molecule has 0 heterocycles. The summed E-state index contributed by atoms with van der Waals surface area (Å²) in [4.78, 5) is 23.3. The van der Waals surface area contributed by atoms with E-state index in [1.807, 2.05) is 0 Å². The lowest BCUT2D eigenvalue weighted by Gasteiger charge is -2.16. The molecular weight excluding hydrogens is 276 g/mol. The van der Waals surface area contributed by atoms with Gasteiger partial charge in [0.1, 0.15) is 0 Å². The van der Waals surface area contributed by atoms with E-state index < -0.39 is 17.4 Å². The first-order valence-corrected chi connectivity index (χ1v) is 5.42. The summed E-state index contributed by atoms with van der Waals surface area (Å²) in [6, 6.07) is 5.00. The highest BCUT2D eigenvalue weighted by atomic mass is 79.9. The van der Waals surface area contributed by atoms with Crippen molar-refractivity contribution in [3.05, 3.63) is 33.8 Å². The normalized spacial score (nSPS) is 23.1. The molecule has 2 rings (SSSR count). The molecule has 5 heteroatoms. The predicted molar refractivity (Wildman–Crippen MR) is 59.1 cm³/mol. The predicted octanol–water partition coefficient (Wildman–Crippen LogP) is 1.09. The van der Waals surface area contributed by atoms with Crippen molar-refractivity contribution >= 4 is 27.7 Å². The molecule has 0 saturated carbocycles. The van der Waals surface area contributed by atoms with E-state index in [0.29, 0.717) is 11.1 Å². The van der Waals surface area contributed by atoms with Gasteiger partial charge in [-0.3, -0.25) is 4.79 Å². The van der Waals surface area contributed by atoms with Gasteiger partial charge in [-0.05, 0) is 23.8 Å². The molecule has 0 aromatic heterocycles. The average Bonchev–Trinajstić information content (AvgIpc) is 2.51. The van der Waals surface area contributed by atoms with Crippen LogP contribution in [0, 0.1) is 0 Å². The largest absolute Gasteiger partial charge is 0.467 e. The van der Waals surface area contributed by atoms with Gasteiger partial charge in [0, 0.05) is 16.5 Å². The van der Waals surface area contributed by atoms with Crippen LogP contribution >= 0.6 is 15.9 Å². The second kappa shape index (κ2) is 3.68. The first kappa shape index (κ1) is 11.3. The molecule has 4 nitrogen and oxygen atoms in total. The maximum Gasteiger partial charge on any atom is 0.346 e. The second-order valence-electron chi connectivity index (χ2n) is 3.66. The Hall–Kier alpha value is -1.20. The van der Waals surface area contributed by atoms with Gasteiger partial charge in [0.2, 0.25) is 11.4 Å². The Morgan fingerprint density at radius 1 is 1.56 bits per heavy atom. The summed E-state index contributed by atoms with van der Waals surface area (Å²) in [7, 11) is 1.15. The second-order valence-corrected chi connectivity index (χ2v) is 4.57. The number of halogens is 1. The lowest BCUT2D eigenvalue weighted by Crippen LogP contribution is -2.45. The minimum atomic E-state index is -2.06. The standard InChI is InChI=1S/C11H9BrO4/c1-16-10(14)11(15)5-6-4-7(12)2-3-8(6)9(11)13/h2-4,15H,5H2,1H3/t11-/m1/s1. The number of carbonyl (C=O) groups is 2.